The first-order chi connectivity index (χ1) is 11.9. The predicted octanol–water partition coefficient (Wildman–Crippen LogP) is 5.29. The largest absolute Gasteiger partial charge is 0.386 e. The summed E-state index contributed by atoms with van der Waals surface area (Å²) in [5.41, 5.74) is 2.15. The van der Waals surface area contributed by atoms with Gasteiger partial charge < -0.3 is 15.7 Å². The molecule has 128 valence electrons. The van der Waals surface area contributed by atoms with Crippen LogP contribution in [0, 0.1) is 0 Å². The molecule has 3 rings (SSSR count). The van der Waals surface area contributed by atoms with E-state index in [-0.39, 0.29) is 6.03 Å². The molecule has 0 radical (unpaired) electrons. The molecule has 1 aromatic heterocycles. The lowest BCUT2D eigenvalue weighted by atomic mass is 9.98. The van der Waals surface area contributed by atoms with Gasteiger partial charge in [0.15, 0.2) is 0 Å². The average Bonchev–Trinajstić information content (AvgIpc) is 3.09. The summed E-state index contributed by atoms with van der Waals surface area (Å²) in [6.07, 6.45) is 0. The first kappa shape index (κ1) is 17.2. The summed E-state index contributed by atoms with van der Waals surface area (Å²) in [7, 11) is 0. The van der Waals surface area contributed by atoms with Crippen LogP contribution in [-0.2, 0) is 5.60 Å². The van der Waals surface area contributed by atoms with Crippen molar-refractivity contribution < 1.29 is 9.90 Å². The number of urea groups is 1. The number of hydrogen-bond acceptors (Lipinski definition) is 3. The number of rotatable bonds is 4. The van der Waals surface area contributed by atoms with Crippen LogP contribution < -0.4 is 10.6 Å². The standard InChI is InChI=1S/C20H20N2O2S/c1-20(2,24)14-7-5-8-15(13-14)21-19(23)22-17-10-4-3-9-16(17)18-11-6-12-25-18/h3-13,24H,1-2H3,(H2,21,22,23). The minimum Gasteiger partial charge on any atom is -0.386 e. The van der Waals surface area contributed by atoms with E-state index < -0.39 is 5.60 Å². The van der Waals surface area contributed by atoms with Crippen molar-refractivity contribution in [1.29, 1.82) is 0 Å². The summed E-state index contributed by atoms with van der Waals surface area (Å²) in [6, 6.07) is 18.6. The molecule has 0 aliphatic heterocycles. The molecule has 0 aliphatic carbocycles. The molecule has 4 nitrogen and oxygen atoms in total. The molecule has 3 aromatic rings. The van der Waals surface area contributed by atoms with Crippen molar-refractivity contribution in [2.45, 2.75) is 19.4 Å². The number of amides is 2. The quantitative estimate of drug-likeness (QED) is 0.598. The Morgan fingerprint density at radius 3 is 2.52 bits per heavy atom. The fourth-order valence-electron chi connectivity index (χ4n) is 2.50. The molecular formula is C20H20N2O2S. The normalized spacial score (nSPS) is 11.2. The SMILES string of the molecule is CC(C)(O)c1cccc(NC(=O)Nc2ccccc2-c2cccs2)c1. The smallest absolute Gasteiger partial charge is 0.323 e. The molecular weight excluding hydrogens is 332 g/mol. The molecule has 0 saturated heterocycles. The molecule has 0 unspecified atom stereocenters. The number of carbonyl (C=O) groups is 1. The van der Waals surface area contributed by atoms with Gasteiger partial charge in [-0.1, -0.05) is 36.4 Å². The van der Waals surface area contributed by atoms with Crippen LogP contribution >= 0.6 is 11.3 Å². The van der Waals surface area contributed by atoms with E-state index in [1.807, 2.05) is 53.9 Å². The molecule has 1 heterocycles. The van der Waals surface area contributed by atoms with E-state index in [4.69, 9.17) is 0 Å². The van der Waals surface area contributed by atoms with Gasteiger partial charge in [-0.15, -0.1) is 11.3 Å². The maximum Gasteiger partial charge on any atom is 0.323 e. The van der Waals surface area contributed by atoms with Crippen molar-refractivity contribution in [2.24, 2.45) is 0 Å². The summed E-state index contributed by atoms with van der Waals surface area (Å²) in [5.74, 6) is 0. The van der Waals surface area contributed by atoms with Gasteiger partial charge in [-0.2, -0.15) is 0 Å². The molecule has 0 fully saturated rings. The molecule has 5 heteroatoms. The highest BCUT2D eigenvalue weighted by molar-refractivity contribution is 7.13. The lowest BCUT2D eigenvalue weighted by Crippen LogP contribution is -2.21. The van der Waals surface area contributed by atoms with Gasteiger partial charge in [0.25, 0.3) is 0 Å². The number of carbonyl (C=O) groups excluding carboxylic acids is 1. The minimum absolute atomic E-state index is 0.322. The third-order valence-electron chi connectivity index (χ3n) is 3.79. The van der Waals surface area contributed by atoms with Gasteiger partial charge in [0.05, 0.1) is 11.3 Å². The van der Waals surface area contributed by atoms with Crippen molar-refractivity contribution in [2.75, 3.05) is 10.6 Å². The highest BCUT2D eigenvalue weighted by Crippen LogP contribution is 2.31. The second kappa shape index (κ2) is 7.09. The second-order valence-electron chi connectivity index (χ2n) is 6.24. The summed E-state index contributed by atoms with van der Waals surface area (Å²) in [5, 5.41) is 17.8. The van der Waals surface area contributed by atoms with E-state index in [9.17, 15) is 9.90 Å². The number of thiophene rings is 1. The third-order valence-corrected chi connectivity index (χ3v) is 4.69. The summed E-state index contributed by atoms with van der Waals surface area (Å²) in [6.45, 7) is 3.42. The van der Waals surface area contributed by atoms with Crippen LogP contribution in [0.25, 0.3) is 10.4 Å². The van der Waals surface area contributed by atoms with Crippen LogP contribution in [0.5, 0.6) is 0 Å². The predicted molar refractivity (Wildman–Crippen MR) is 104 cm³/mol. The number of hydrogen-bond donors (Lipinski definition) is 3. The molecule has 2 amide bonds. The van der Waals surface area contributed by atoms with E-state index in [1.165, 1.54) is 0 Å². The van der Waals surface area contributed by atoms with Gasteiger partial charge in [-0.25, -0.2) is 4.79 Å². The Kier molecular flexibility index (Phi) is 4.88. The zero-order chi connectivity index (χ0) is 17.9. The lowest BCUT2D eigenvalue weighted by Gasteiger charge is -2.19. The van der Waals surface area contributed by atoms with Gasteiger partial charge >= 0.3 is 6.03 Å². The van der Waals surface area contributed by atoms with Crippen LogP contribution in [0.4, 0.5) is 16.2 Å². The topological polar surface area (TPSA) is 61.4 Å². The first-order valence-electron chi connectivity index (χ1n) is 7.97. The average molecular weight is 352 g/mol. The minimum atomic E-state index is -0.958. The van der Waals surface area contributed by atoms with Crippen LogP contribution in [0.2, 0.25) is 0 Å². The molecule has 2 aromatic carbocycles. The molecule has 0 saturated carbocycles. The second-order valence-corrected chi connectivity index (χ2v) is 7.19. The van der Waals surface area contributed by atoms with Crippen LogP contribution in [0.3, 0.4) is 0 Å². The number of aliphatic hydroxyl groups is 1. The van der Waals surface area contributed by atoms with E-state index in [0.717, 1.165) is 21.7 Å². The number of benzene rings is 2. The molecule has 25 heavy (non-hydrogen) atoms. The maximum atomic E-state index is 12.4. The fourth-order valence-corrected chi connectivity index (χ4v) is 3.27. The van der Waals surface area contributed by atoms with E-state index in [1.54, 1.807) is 37.3 Å². The van der Waals surface area contributed by atoms with Crippen molar-refractivity contribution in [3.8, 4) is 10.4 Å². The Labute approximate surface area is 151 Å². The highest BCUT2D eigenvalue weighted by Gasteiger charge is 2.16. The Balaban J connectivity index is 1.76. The zero-order valence-electron chi connectivity index (χ0n) is 14.1. The van der Waals surface area contributed by atoms with Crippen LogP contribution in [0.15, 0.2) is 66.0 Å². The lowest BCUT2D eigenvalue weighted by molar-refractivity contribution is 0.0786. The molecule has 0 atom stereocenters. The van der Waals surface area contributed by atoms with E-state index in [2.05, 4.69) is 10.6 Å². The molecule has 0 bridgehead atoms. The van der Waals surface area contributed by atoms with E-state index in [0.29, 0.717) is 5.69 Å². The zero-order valence-corrected chi connectivity index (χ0v) is 14.9. The van der Waals surface area contributed by atoms with Gasteiger partial charge in [-0.3, -0.25) is 0 Å². The molecule has 0 aliphatic rings. The first-order valence-corrected chi connectivity index (χ1v) is 8.85. The van der Waals surface area contributed by atoms with Crippen molar-refractivity contribution >= 4 is 28.7 Å². The van der Waals surface area contributed by atoms with Crippen LogP contribution in [0.1, 0.15) is 19.4 Å². The van der Waals surface area contributed by atoms with Crippen molar-refractivity contribution in [3.05, 3.63) is 71.6 Å². The summed E-state index contributed by atoms with van der Waals surface area (Å²) in [4.78, 5) is 13.5. The Hall–Kier alpha value is -2.63. The molecule has 0 spiro atoms. The fraction of sp³-hybridized carbons (Fsp3) is 0.150. The van der Waals surface area contributed by atoms with E-state index >= 15 is 0 Å². The Morgan fingerprint density at radius 2 is 1.80 bits per heavy atom. The number of para-hydroxylation sites is 1. The maximum absolute atomic E-state index is 12.4. The van der Waals surface area contributed by atoms with Gasteiger partial charge in [0, 0.05) is 16.1 Å². The number of nitrogens with one attached hydrogen (secondary N) is 2. The monoisotopic (exact) mass is 352 g/mol. The highest BCUT2D eigenvalue weighted by atomic mass is 32.1. The molecule has 3 N–H and O–H groups in total. The van der Waals surface area contributed by atoms with Crippen molar-refractivity contribution in [3.63, 3.8) is 0 Å². The summed E-state index contributed by atoms with van der Waals surface area (Å²) < 4.78 is 0. The third kappa shape index (κ3) is 4.26. The van der Waals surface area contributed by atoms with Crippen molar-refractivity contribution in [1.82, 2.24) is 0 Å². The number of anilines is 2. The Morgan fingerprint density at radius 1 is 1.00 bits per heavy atom. The Bertz CT molecular complexity index is 867. The van der Waals surface area contributed by atoms with Gasteiger partial charge in [0.2, 0.25) is 0 Å². The van der Waals surface area contributed by atoms with Gasteiger partial charge in [0.1, 0.15) is 0 Å². The van der Waals surface area contributed by atoms with Crippen LogP contribution in [-0.4, -0.2) is 11.1 Å². The summed E-state index contributed by atoms with van der Waals surface area (Å²) >= 11 is 1.63. The van der Waals surface area contributed by atoms with Gasteiger partial charge in [-0.05, 0) is 49.1 Å².